The standard InChI is InChI=1S/C12H10N2Si/c15-11-6-4-8-3-5-10-9(12(8)14-11)2-1-7-13-10/h1-7H,15H3. The Morgan fingerprint density at radius 3 is 2.80 bits per heavy atom. The highest BCUT2D eigenvalue weighted by molar-refractivity contribution is 6.31. The van der Waals surface area contributed by atoms with E-state index in [0.717, 1.165) is 26.7 Å². The number of nitrogens with zero attached hydrogens (tertiary/aromatic N) is 2. The van der Waals surface area contributed by atoms with Gasteiger partial charge in [0, 0.05) is 22.3 Å². The molecule has 72 valence electrons. The van der Waals surface area contributed by atoms with Gasteiger partial charge in [0.05, 0.1) is 21.3 Å². The van der Waals surface area contributed by atoms with Crippen LogP contribution < -0.4 is 5.32 Å². The van der Waals surface area contributed by atoms with Gasteiger partial charge in [-0.2, -0.15) is 0 Å². The van der Waals surface area contributed by atoms with Crippen LogP contribution in [0.5, 0.6) is 0 Å². The lowest BCUT2D eigenvalue weighted by atomic mass is 10.1. The molecule has 0 aliphatic heterocycles. The number of benzene rings is 1. The Morgan fingerprint density at radius 2 is 1.87 bits per heavy atom. The van der Waals surface area contributed by atoms with Crippen LogP contribution in [0.1, 0.15) is 0 Å². The van der Waals surface area contributed by atoms with Crippen LogP contribution in [0.15, 0.2) is 42.6 Å². The fraction of sp³-hybridized carbons (Fsp3) is 0. The summed E-state index contributed by atoms with van der Waals surface area (Å²) in [4.78, 5) is 8.96. The summed E-state index contributed by atoms with van der Waals surface area (Å²) >= 11 is 0. The number of fused-ring (bicyclic) bond motifs is 3. The molecule has 2 aromatic heterocycles. The topological polar surface area (TPSA) is 25.8 Å². The highest BCUT2D eigenvalue weighted by Crippen LogP contribution is 2.20. The van der Waals surface area contributed by atoms with Gasteiger partial charge in [-0.3, -0.25) is 9.97 Å². The Balaban J connectivity index is 2.57. The first-order valence-corrected chi connectivity index (χ1v) is 5.96. The van der Waals surface area contributed by atoms with Crippen LogP contribution in [0.4, 0.5) is 0 Å². The molecule has 0 atom stereocenters. The molecule has 0 spiro atoms. The van der Waals surface area contributed by atoms with Crippen molar-refractivity contribution < 1.29 is 0 Å². The molecule has 0 bridgehead atoms. The van der Waals surface area contributed by atoms with E-state index in [0.29, 0.717) is 0 Å². The number of rotatable bonds is 0. The summed E-state index contributed by atoms with van der Waals surface area (Å²) in [5.74, 6) is 0. The summed E-state index contributed by atoms with van der Waals surface area (Å²) in [6, 6.07) is 12.4. The van der Waals surface area contributed by atoms with Crippen LogP contribution in [0.2, 0.25) is 0 Å². The maximum Gasteiger partial charge on any atom is 0.0793 e. The summed E-state index contributed by atoms with van der Waals surface area (Å²) in [6.07, 6.45) is 1.82. The zero-order valence-corrected chi connectivity index (χ0v) is 10.4. The first-order chi connectivity index (χ1) is 7.34. The second-order valence-electron chi connectivity index (χ2n) is 3.66. The minimum Gasteiger partial charge on any atom is -0.258 e. The normalized spacial score (nSPS) is 11.2. The quantitative estimate of drug-likeness (QED) is 0.405. The van der Waals surface area contributed by atoms with E-state index < -0.39 is 0 Å². The highest BCUT2D eigenvalue weighted by atomic mass is 28.1. The van der Waals surface area contributed by atoms with Crippen molar-refractivity contribution in [3.63, 3.8) is 0 Å². The van der Waals surface area contributed by atoms with Crippen molar-refractivity contribution in [2.75, 3.05) is 0 Å². The number of hydrogen-bond acceptors (Lipinski definition) is 2. The molecule has 0 saturated carbocycles. The van der Waals surface area contributed by atoms with Crippen LogP contribution >= 0.6 is 0 Å². The lowest BCUT2D eigenvalue weighted by molar-refractivity contribution is 1.41. The molecule has 3 rings (SSSR count). The van der Waals surface area contributed by atoms with Gasteiger partial charge in [0.15, 0.2) is 0 Å². The molecule has 0 N–H and O–H groups in total. The van der Waals surface area contributed by atoms with E-state index in [2.05, 4.69) is 34.2 Å². The van der Waals surface area contributed by atoms with Crippen LogP contribution in [0.25, 0.3) is 21.8 Å². The van der Waals surface area contributed by atoms with E-state index in [1.807, 2.05) is 18.3 Å². The largest absolute Gasteiger partial charge is 0.258 e. The lowest BCUT2D eigenvalue weighted by Gasteiger charge is -2.02. The zero-order chi connectivity index (χ0) is 10.3. The molecule has 0 aliphatic rings. The summed E-state index contributed by atoms with van der Waals surface area (Å²) in [7, 11) is 0.988. The Labute approximate surface area is 90.4 Å². The summed E-state index contributed by atoms with van der Waals surface area (Å²) in [6.45, 7) is 0. The van der Waals surface area contributed by atoms with E-state index in [9.17, 15) is 0 Å². The molecule has 15 heavy (non-hydrogen) atoms. The van der Waals surface area contributed by atoms with Crippen molar-refractivity contribution in [2.24, 2.45) is 0 Å². The van der Waals surface area contributed by atoms with Gasteiger partial charge in [-0.05, 0) is 24.3 Å². The van der Waals surface area contributed by atoms with Crippen LogP contribution in [0.3, 0.4) is 0 Å². The van der Waals surface area contributed by atoms with Gasteiger partial charge in [-0.25, -0.2) is 0 Å². The lowest BCUT2D eigenvalue weighted by Crippen LogP contribution is -2.06. The molecule has 1 aromatic carbocycles. The molecule has 0 radical (unpaired) electrons. The van der Waals surface area contributed by atoms with Crippen molar-refractivity contribution in [1.29, 1.82) is 0 Å². The van der Waals surface area contributed by atoms with Gasteiger partial charge in [0.25, 0.3) is 0 Å². The van der Waals surface area contributed by atoms with E-state index in [-0.39, 0.29) is 0 Å². The van der Waals surface area contributed by atoms with Gasteiger partial charge in [-0.15, -0.1) is 0 Å². The molecule has 0 aliphatic carbocycles. The van der Waals surface area contributed by atoms with E-state index >= 15 is 0 Å². The zero-order valence-electron chi connectivity index (χ0n) is 8.44. The van der Waals surface area contributed by atoms with Crippen molar-refractivity contribution in [2.45, 2.75) is 0 Å². The molecule has 0 amide bonds. The van der Waals surface area contributed by atoms with Gasteiger partial charge >= 0.3 is 0 Å². The fourth-order valence-corrected chi connectivity index (χ4v) is 2.23. The summed E-state index contributed by atoms with van der Waals surface area (Å²) in [5.41, 5.74) is 2.10. The third kappa shape index (κ3) is 1.32. The monoisotopic (exact) mass is 210 g/mol. The maximum absolute atomic E-state index is 4.63. The van der Waals surface area contributed by atoms with Crippen molar-refractivity contribution >= 4 is 37.4 Å². The number of pyridine rings is 2. The Hall–Kier alpha value is -1.74. The first kappa shape index (κ1) is 8.56. The highest BCUT2D eigenvalue weighted by Gasteiger charge is 2.01. The average Bonchev–Trinajstić information content (AvgIpc) is 2.29. The molecule has 2 nitrogen and oxygen atoms in total. The van der Waals surface area contributed by atoms with Crippen LogP contribution in [-0.4, -0.2) is 20.2 Å². The van der Waals surface area contributed by atoms with E-state index in [4.69, 9.17) is 0 Å². The Morgan fingerprint density at radius 1 is 1.00 bits per heavy atom. The molecule has 0 unspecified atom stereocenters. The maximum atomic E-state index is 4.63. The number of hydrogen-bond donors (Lipinski definition) is 0. The minimum absolute atomic E-state index is 0.988. The van der Waals surface area contributed by atoms with Gasteiger partial charge in [0.1, 0.15) is 0 Å². The smallest absolute Gasteiger partial charge is 0.0793 e. The van der Waals surface area contributed by atoms with Crippen molar-refractivity contribution in [3.8, 4) is 0 Å². The summed E-state index contributed by atoms with van der Waals surface area (Å²) < 4.78 is 0. The first-order valence-electron chi connectivity index (χ1n) is 4.96. The molecule has 0 saturated heterocycles. The Kier molecular flexibility index (Phi) is 1.79. The predicted octanol–water partition coefficient (Wildman–Crippen LogP) is 0.774. The Bertz CT molecular complexity index is 649. The van der Waals surface area contributed by atoms with Gasteiger partial charge in [-0.1, -0.05) is 12.1 Å². The molecule has 0 fully saturated rings. The molecule has 3 aromatic rings. The summed E-state index contributed by atoms with van der Waals surface area (Å²) in [5, 5.41) is 3.52. The van der Waals surface area contributed by atoms with Gasteiger partial charge < -0.3 is 0 Å². The van der Waals surface area contributed by atoms with Crippen molar-refractivity contribution in [3.05, 3.63) is 42.6 Å². The molecular formula is C12H10N2Si. The molecule has 2 heterocycles. The number of aromatic nitrogens is 2. The molecule has 3 heteroatoms. The van der Waals surface area contributed by atoms with Crippen molar-refractivity contribution in [1.82, 2.24) is 9.97 Å². The predicted molar refractivity (Wildman–Crippen MR) is 66.6 cm³/mol. The second kappa shape index (κ2) is 3.14. The van der Waals surface area contributed by atoms with Crippen LogP contribution in [0, 0.1) is 0 Å². The third-order valence-corrected chi connectivity index (χ3v) is 3.14. The van der Waals surface area contributed by atoms with E-state index in [1.54, 1.807) is 0 Å². The molecular weight excluding hydrogens is 200 g/mol. The SMILES string of the molecule is [SiH3]c1ccc2ccc3ncccc3c2n1. The fourth-order valence-electron chi connectivity index (χ4n) is 1.84. The average molecular weight is 210 g/mol. The van der Waals surface area contributed by atoms with E-state index in [1.165, 1.54) is 10.7 Å². The van der Waals surface area contributed by atoms with Gasteiger partial charge in [0.2, 0.25) is 0 Å². The third-order valence-electron chi connectivity index (χ3n) is 2.58. The van der Waals surface area contributed by atoms with Crippen LogP contribution in [-0.2, 0) is 0 Å². The second-order valence-corrected chi connectivity index (χ2v) is 4.68. The minimum atomic E-state index is 0.988.